The van der Waals surface area contributed by atoms with Crippen molar-refractivity contribution in [1.82, 2.24) is 0 Å². The number of hydrogen-bond donors (Lipinski definition) is 0. The Hall–Kier alpha value is -2.43. The Morgan fingerprint density at radius 2 is 1.80 bits per heavy atom. The standard InChI is InChI=1S/C25H35NO4/c1-8-12-19(15-16-20(27)30-24(5,6)7)25(17-18-13-10-9-11-14-18)22(28)29-21(26-25)23(2,3)4/h9-11,13-16,19H,8,12,17H2,1-7H3/b16-15+. The third kappa shape index (κ3) is 6.04. The van der Waals surface area contributed by atoms with Gasteiger partial charge in [0.25, 0.3) is 0 Å². The predicted molar refractivity (Wildman–Crippen MR) is 119 cm³/mol. The number of aliphatic imine (C=N–C) groups is 1. The maximum atomic E-state index is 13.3. The molecule has 1 heterocycles. The van der Waals surface area contributed by atoms with Gasteiger partial charge in [-0.1, -0.05) is 70.5 Å². The van der Waals surface area contributed by atoms with E-state index >= 15 is 0 Å². The lowest BCUT2D eigenvalue weighted by molar-refractivity contribution is -0.148. The highest BCUT2D eigenvalue weighted by Gasteiger charge is 2.52. The summed E-state index contributed by atoms with van der Waals surface area (Å²) >= 11 is 0. The van der Waals surface area contributed by atoms with Gasteiger partial charge in [0.2, 0.25) is 0 Å². The second-order valence-electron chi connectivity index (χ2n) is 9.93. The Labute approximate surface area is 180 Å². The van der Waals surface area contributed by atoms with E-state index in [1.165, 1.54) is 6.08 Å². The minimum absolute atomic E-state index is 0.289. The molecular weight excluding hydrogens is 378 g/mol. The lowest BCUT2D eigenvalue weighted by Crippen LogP contribution is -2.43. The minimum atomic E-state index is -1.10. The number of carbonyl (C=O) groups excluding carboxylic acids is 2. The van der Waals surface area contributed by atoms with E-state index in [1.54, 1.807) is 6.08 Å². The van der Waals surface area contributed by atoms with Crippen molar-refractivity contribution in [2.45, 2.75) is 78.9 Å². The van der Waals surface area contributed by atoms with Gasteiger partial charge in [0.15, 0.2) is 11.4 Å². The van der Waals surface area contributed by atoms with Gasteiger partial charge < -0.3 is 9.47 Å². The monoisotopic (exact) mass is 413 g/mol. The summed E-state index contributed by atoms with van der Waals surface area (Å²) in [4.78, 5) is 30.4. The van der Waals surface area contributed by atoms with Crippen molar-refractivity contribution in [2.75, 3.05) is 0 Å². The quantitative estimate of drug-likeness (QED) is 0.450. The summed E-state index contributed by atoms with van der Waals surface area (Å²) in [5, 5.41) is 0. The van der Waals surface area contributed by atoms with Crippen molar-refractivity contribution in [3.05, 3.63) is 48.0 Å². The first-order valence-electron chi connectivity index (χ1n) is 10.6. The summed E-state index contributed by atoms with van der Waals surface area (Å²) in [5.74, 6) is -0.633. The molecule has 1 aliphatic heterocycles. The molecule has 0 fully saturated rings. The molecular formula is C25H35NO4. The van der Waals surface area contributed by atoms with E-state index in [0.29, 0.717) is 18.7 Å². The van der Waals surface area contributed by atoms with Crippen LogP contribution in [0.1, 0.15) is 66.9 Å². The first-order chi connectivity index (χ1) is 13.9. The van der Waals surface area contributed by atoms with Crippen LogP contribution in [0.4, 0.5) is 0 Å². The molecule has 30 heavy (non-hydrogen) atoms. The molecule has 1 aliphatic rings. The van der Waals surface area contributed by atoms with Crippen LogP contribution in [0, 0.1) is 11.3 Å². The van der Waals surface area contributed by atoms with Gasteiger partial charge in [-0.3, -0.25) is 0 Å². The smallest absolute Gasteiger partial charge is 0.341 e. The molecule has 0 amide bonds. The molecule has 5 nitrogen and oxygen atoms in total. The molecule has 0 radical (unpaired) electrons. The topological polar surface area (TPSA) is 65.0 Å². The Kier molecular flexibility index (Phi) is 7.27. The Morgan fingerprint density at radius 1 is 1.17 bits per heavy atom. The molecule has 0 saturated carbocycles. The average molecular weight is 414 g/mol. The maximum absolute atomic E-state index is 13.3. The van der Waals surface area contributed by atoms with Gasteiger partial charge in [0, 0.05) is 23.8 Å². The Balaban J connectivity index is 2.48. The Bertz CT molecular complexity index is 812. The van der Waals surface area contributed by atoms with Crippen LogP contribution in [0.25, 0.3) is 0 Å². The zero-order valence-electron chi connectivity index (χ0n) is 19.3. The largest absolute Gasteiger partial charge is 0.457 e. The van der Waals surface area contributed by atoms with Crippen molar-refractivity contribution in [1.29, 1.82) is 0 Å². The summed E-state index contributed by atoms with van der Waals surface area (Å²) in [6, 6.07) is 9.81. The normalized spacial score (nSPS) is 20.8. The molecule has 2 atom stereocenters. The van der Waals surface area contributed by atoms with Gasteiger partial charge in [-0.25, -0.2) is 14.6 Å². The van der Waals surface area contributed by atoms with E-state index < -0.39 is 17.1 Å². The lowest BCUT2D eigenvalue weighted by atomic mass is 9.77. The highest BCUT2D eigenvalue weighted by atomic mass is 16.6. The van der Waals surface area contributed by atoms with Crippen molar-refractivity contribution in [2.24, 2.45) is 16.3 Å². The predicted octanol–water partition coefficient (Wildman–Crippen LogP) is 5.28. The average Bonchev–Trinajstić information content (AvgIpc) is 2.95. The summed E-state index contributed by atoms with van der Waals surface area (Å²) in [5.41, 5.74) is -1.06. The molecule has 5 heteroatoms. The van der Waals surface area contributed by atoms with Crippen molar-refractivity contribution in [3.8, 4) is 0 Å². The molecule has 2 rings (SSSR count). The van der Waals surface area contributed by atoms with Crippen LogP contribution in [-0.4, -0.2) is 29.0 Å². The molecule has 0 aliphatic carbocycles. The fraction of sp³-hybridized carbons (Fsp3) is 0.560. The van der Waals surface area contributed by atoms with E-state index in [2.05, 4.69) is 6.92 Å². The van der Waals surface area contributed by atoms with Crippen molar-refractivity contribution in [3.63, 3.8) is 0 Å². The summed E-state index contributed by atoms with van der Waals surface area (Å²) in [6.45, 7) is 13.5. The highest BCUT2D eigenvalue weighted by molar-refractivity contribution is 6.02. The van der Waals surface area contributed by atoms with Gasteiger partial charge in [-0.05, 0) is 32.8 Å². The first kappa shape index (κ1) is 23.8. The number of esters is 2. The SMILES string of the molecule is CCCC(/C=C/C(=O)OC(C)(C)C)C1(Cc2ccccc2)N=C(C(C)(C)C)OC1=O. The maximum Gasteiger partial charge on any atom is 0.341 e. The van der Waals surface area contributed by atoms with Crippen LogP contribution < -0.4 is 0 Å². The Morgan fingerprint density at radius 3 is 2.30 bits per heavy atom. The fourth-order valence-corrected chi connectivity index (χ4v) is 3.47. The second kappa shape index (κ2) is 9.15. The minimum Gasteiger partial charge on any atom is -0.457 e. The second-order valence-corrected chi connectivity index (χ2v) is 9.93. The highest BCUT2D eigenvalue weighted by Crippen LogP contribution is 2.39. The molecule has 164 valence electrons. The van der Waals surface area contributed by atoms with Gasteiger partial charge in [-0.2, -0.15) is 0 Å². The van der Waals surface area contributed by atoms with Gasteiger partial charge >= 0.3 is 11.9 Å². The summed E-state index contributed by atoms with van der Waals surface area (Å²) < 4.78 is 11.1. The van der Waals surface area contributed by atoms with E-state index in [9.17, 15) is 9.59 Å². The van der Waals surface area contributed by atoms with Crippen molar-refractivity contribution < 1.29 is 19.1 Å². The molecule has 0 N–H and O–H groups in total. The number of ether oxygens (including phenoxy) is 2. The fourth-order valence-electron chi connectivity index (χ4n) is 3.47. The van der Waals surface area contributed by atoms with Crippen molar-refractivity contribution >= 4 is 17.8 Å². The number of benzene rings is 1. The zero-order chi connectivity index (χ0) is 22.6. The van der Waals surface area contributed by atoms with E-state index in [1.807, 2.05) is 71.9 Å². The van der Waals surface area contributed by atoms with Crippen LogP contribution in [0.15, 0.2) is 47.5 Å². The molecule has 0 spiro atoms. The van der Waals surface area contributed by atoms with Crippen LogP contribution in [-0.2, 0) is 25.5 Å². The summed E-state index contributed by atoms with van der Waals surface area (Å²) in [7, 11) is 0. The number of carbonyl (C=O) groups is 2. The van der Waals surface area contributed by atoms with Gasteiger partial charge in [0.1, 0.15) is 5.60 Å². The summed E-state index contributed by atoms with van der Waals surface area (Å²) in [6.07, 6.45) is 5.15. The molecule has 0 saturated heterocycles. The van der Waals surface area contributed by atoms with Gasteiger partial charge in [-0.15, -0.1) is 0 Å². The van der Waals surface area contributed by atoms with E-state index in [4.69, 9.17) is 14.5 Å². The third-order valence-electron chi connectivity index (χ3n) is 4.89. The molecule has 0 bridgehead atoms. The number of rotatable bonds is 7. The number of nitrogens with zero attached hydrogens (tertiary/aromatic N) is 1. The molecule has 0 aromatic heterocycles. The molecule has 1 aromatic rings. The van der Waals surface area contributed by atoms with Crippen LogP contribution >= 0.6 is 0 Å². The van der Waals surface area contributed by atoms with E-state index in [-0.39, 0.29) is 17.3 Å². The van der Waals surface area contributed by atoms with Crippen LogP contribution in [0.3, 0.4) is 0 Å². The molecule has 2 unspecified atom stereocenters. The third-order valence-corrected chi connectivity index (χ3v) is 4.89. The van der Waals surface area contributed by atoms with Crippen LogP contribution in [0.5, 0.6) is 0 Å². The number of hydrogen-bond acceptors (Lipinski definition) is 5. The lowest BCUT2D eigenvalue weighted by Gasteiger charge is -2.30. The number of cyclic esters (lactones) is 1. The van der Waals surface area contributed by atoms with Crippen LogP contribution in [0.2, 0.25) is 0 Å². The zero-order valence-corrected chi connectivity index (χ0v) is 19.3. The first-order valence-corrected chi connectivity index (χ1v) is 10.6. The molecule has 1 aromatic carbocycles. The van der Waals surface area contributed by atoms with E-state index in [0.717, 1.165) is 12.0 Å². The van der Waals surface area contributed by atoms with Gasteiger partial charge in [0.05, 0.1) is 0 Å².